The summed E-state index contributed by atoms with van der Waals surface area (Å²) >= 11 is 0. The molecule has 1 saturated heterocycles. The van der Waals surface area contributed by atoms with Crippen LogP contribution in [-0.4, -0.2) is 56.7 Å². The summed E-state index contributed by atoms with van der Waals surface area (Å²) in [5, 5.41) is 6.01. The number of hydrogen-bond donors (Lipinski definition) is 0. The van der Waals surface area contributed by atoms with E-state index < -0.39 is 0 Å². The van der Waals surface area contributed by atoms with Gasteiger partial charge in [0.1, 0.15) is 5.82 Å². The van der Waals surface area contributed by atoms with E-state index in [0.717, 1.165) is 73.1 Å². The maximum Gasteiger partial charge on any atom is 0.184 e. The zero-order valence-corrected chi connectivity index (χ0v) is 18.7. The summed E-state index contributed by atoms with van der Waals surface area (Å²) in [6.07, 6.45) is 9.09. The highest BCUT2D eigenvalue weighted by Gasteiger charge is 2.27. The molecular formula is C24H34N6. The summed E-state index contributed by atoms with van der Waals surface area (Å²) in [5.41, 5.74) is 5.17. The second-order valence-electron chi connectivity index (χ2n) is 9.19. The van der Waals surface area contributed by atoms with E-state index in [1.165, 1.54) is 43.5 Å². The van der Waals surface area contributed by atoms with Gasteiger partial charge in [-0.15, -0.1) is 5.10 Å². The molecule has 0 N–H and O–H groups in total. The van der Waals surface area contributed by atoms with Crippen LogP contribution in [0.25, 0.3) is 16.7 Å². The topological polar surface area (TPSA) is 49.6 Å². The number of piperazine rings is 1. The third-order valence-electron chi connectivity index (χ3n) is 6.94. The van der Waals surface area contributed by atoms with Crippen LogP contribution in [0.3, 0.4) is 0 Å². The first-order valence-corrected chi connectivity index (χ1v) is 11.8. The first kappa shape index (κ1) is 19.7. The Labute approximate surface area is 179 Å². The Kier molecular flexibility index (Phi) is 5.35. The molecule has 160 valence electrons. The zero-order chi connectivity index (χ0) is 20.7. The highest BCUT2D eigenvalue weighted by atomic mass is 15.4. The largest absolute Gasteiger partial charge is 0.354 e. The summed E-state index contributed by atoms with van der Waals surface area (Å²) in [7, 11) is 0. The summed E-state index contributed by atoms with van der Waals surface area (Å²) in [4.78, 5) is 15.0. The van der Waals surface area contributed by atoms with Gasteiger partial charge < -0.3 is 4.90 Å². The lowest BCUT2D eigenvalue weighted by Gasteiger charge is -2.41. The number of fused-ring (bicyclic) bond motifs is 3. The second kappa shape index (κ2) is 8.14. The minimum atomic E-state index is 0.802. The van der Waals surface area contributed by atoms with Gasteiger partial charge in [-0.05, 0) is 44.7 Å². The molecule has 4 heterocycles. The van der Waals surface area contributed by atoms with Crippen molar-refractivity contribution in [3.05, 3.63) is 29.1 Å². The molecule has 6 nitrogen and oxygen atoms in total. The Bertz CT molecular complexity index is 1040. The van der Waals surface area contributed by atoms with E-state index in [2.05, 4.69) is 40.3 Å². The van der Waals surface area contributed by atoms with E-state index in [4.69, 9.17) is 15.1 Å². The summed E-state index contributed by atoms with van der Waals surface area (Å²) in [5.74, 6) is 1.18. The maximum atomic E-state index is 5.01. The van der Waals surface area contributed by atoms with Crippen molar-refractivity contribution in [3.63, 3.8) is 0 Å². The standard InChI is InChI=1S/C24H34N6/c1-4-8-19-16-21(29-13-11-28(12-14-29)20-9-6-5-7-10-20)30-24(26-19)22-17(2)15-18(3)25-23(22)27-30/h15-16,20H,4-14H2,1-3H3. The summed E-state index contributed by atoms with van der Waals surface area (Å²) < 4.78 is 2.06. The molecule has 0 amide bonds. The maximum absolute atomic E-state index is 5.01. The number of rotatable bonds is 4. The number of anilines is 1. The lowest BCUT2D eigenvalue weighted by atomic mass is 9.94. The molecule has 0 bridgehead atoms. The van der Waals surface area contributed by atoms with E-state index in [-0.39, 0.29) is 0 Å². The van der Waals surface area contributed by atoms with Crippen LogP contribution in [-0.2, 0) is 6.42 Å². The van der Waals surface area contributed by atoms with Crippen LogP contribution in [0.5, 0.6) is 0 Å². The fourth-order valence-electron chi connectivity index (χ4n) is 5.43. The molecule has 0 unspecified atom stereocenters. The third kappa shape index (κ3) is 3.55. The van der Waals surface area contributed by atoms with E-state index in [1.807, 2.05) is 6.92 Å². The van der Waals surface area contributed by atoms with Crippen molar-refractivity contribution in [2.75, 3.05) is 31.1 Å². The molecule has 3 aromatic heterocycles. The first-order valence-electron chi connectivity index (χ1n) is 11.8. The van der Waals surface area contributed by atoms with Crippen LogP contribution >= 0.6 is 0 Å². The molecule has 30 heavy (non-hydrogen) atoms. The normalized spacial score (nSPS) is 19.2. The lowest BCUT2D eigenvalue weighted by Crippen LogP contribution is -2.51. The fraction of sp³-hybridized carbons (Fsp3) is 0.625. The average Bonchev–Trinajstić information content (AvgIpc) is 3.12. The monoisotopic (exact) mass is 406 g/mol. The SMILES string of the molecule is CCCc1cc(N2CCN(C3CCCCC3)CC2)n2nc3nc(C)cc(C)c3c2n1. The van der Waals surface area contributed by atoms with Crippen LogP contribution in [0.4, 0.5) is 5.82 Å². The Morgan fingerprint density at radius 1 is 0.967 bits per heavy atom. The van der Waals surface area contributed by atoms with Gasteiger partial charge in [-0.1, -0.05) is 32.6 Å². The van der Waals surface area contributed by atoms with Crippen molar-refractivity contribution < 1.29 is 0 Å². The number of aromatic nitrogens is 4. The van der Waals surface area contributed by atoms with E-state index >= 15 is 0 Å². The number of nitrogens with zero attached hydrogens (tertiary/aromatic N) is 6. The average molecular weight is 407 g/mol. The van der Waals surface area contributed by atoms with E-state index in [0.29, 0.717) is 0 Å². The van der Waals surface area contributed by atoms with Crippen LogP contribution < -0.4 is 4.90 Å². The van der Waals surface area contributed by atoms with Gasteiger partial charge in [-0.3, -0.25) is 4.90 Å². The van der Waals surface area contributed by atoms with Crippen LogP contribution in [0.2, 0.25) is 0 Å². The number of hydrogen-bond acceptors (Lipinski definition) is 5. The van der Waals surface area contributed by atoms with Gasteiger partial charge in [0.05, 0.1) is 5.39 Å². The Morgan fingerprint density at radius 2 is 1.73 bits per heavy atom. The molecule has 3 aromatic rings. The molecule has 1 saturated carbocycles. The molecule has 0 radical (unpaired) electrons. The molecule has 0 aromatic carbocycles. The minimum absolute atomic E-state index is 0.802. The van der Waals surface area contributed by atoms with Crippen LogP contribution in [0.1, 0.15) is 62.4 Å². The van der Waals surface area contributed by atoms with Gasteiger partial charge in [-0.25, -0.2) is 9.97 Å². The molecule has 2 aliphatic rings. The van der Waals surface area contributed by atoms with E-state index in [1.54, 1.807) is 0 Å². The minimum Gasteiger partial charge on any atom is -0.354 e. The van der Waals surface area contributed by atoms with Gasteiger partial charge in [0.2, 0.25) is 0 Å². The van der Waals surface area contributed by atoms with Gasteiger partial charge in [0.25, 0.3) is 0 Å². The van der Waals surface area contributed by atoms with Crippen LogP contribution in [0.15, 0.2) is 12.1 Å². The summed E-state index contributed by atoms with van der Waals surface area (Å²) in [6.45, 7) is 10.8. The highest BCUT2D eigenvalue weighted by molar-refractivity contribution is 5.93. The van der Waals surface area contributed by atoms with Crippen molar-refractivity contribution in [2.45, 2.75) is 71.8 Å². The molecule has 1 aliphatic carbocycles. The molecule has 1 aliphatic heterocycles. The van der Waals surface area contributed by atoms with Crippen molar-refractivity contribution in [1.29, 1.82) is 0 Å². The Balaban J connectivity index is 1.51. The predicted molar refractivity (Wildman–Crippen MR) is 122 cm³/mol. The molecule has 0 spiro atoms. The Hall–Kier alpha value is -2.21. The molecular weight excluding hydrogens is 372 g/mol. The second-order valence-corrected chi connectivity index (χ2v) is 9.19. The van der Waals surface area contributed by atoms with Crippen molar-refractivity contribution in [3.8, 4) is 0 Å². The molecule has 5 rings (SSSR count). The molecule has 6 heteroatoms. The van der Waals surface area contributed by atoms with Crippen molar-refractivity contribution in [1.82, 2.24) is 24.5 Å². The number of pyridine rings is 1. The van der Waals surface area contributed by atoms with Gasteiger partial charge >= 0.3 is 0 Å². The predicted octanol–water partition coefficient (Wildman–Crippen LogP) is 4.30. The quantitative estimate of drug-likeness (QED) is 0.646. The van der Waals surface area contributed by atoms with Crippen LogP contribution in [0, 0.1) is 13.8 Å². The van der Waals surface area contributed by atoms with Gasteiger partial charge in [0, 0.05) is 49.7 Å². The number of aryl methyl sites for hydroxylation is 3. The van der Waals surface area contributed by atoms with Crippen molar-refractivity contribution >= 4 is 22.5 Å². The fourth-order valence-corrected chi connectivity index (χ4v) is 5.43. The smallest absolute Gasteiger partial charge is 0.184 e. The van der Waals surface area contributed by atoms with E-state index in [9.17, 15) is 0 Å². The highest BCUT2D eigenvalue weighted by Crippen LogP contribution is 2.29. The lowest BCUT2D eigenvalue weighted by molar-refractivity contribution is 0.147. The first-order chi connectivity index (χ1) is 14.6. The van der Waals surface area contributed by atoms with Gasteiger partial charge in [-0.2, -0.15) is 4.52 Å². The molecule has 0 atom stereocenters. The third-order valence-corrected chi connectivity index (χ3v) is 6.94. The van der Waals surface area contributed by atoms with Crippen molar-refractivity contribution in [2.24, 2.45) is 0 Å². The Morgan fingerprint density at radius 3 is 2.47 bits per heavy atom. The molecule has 2 fully saturated rings. The zero-order valence-electron chi connectivity index (χ0n) is 18.7. The van der Waals surface area contributed by atoms with Gasteiger partial charge in [0.15, 0.2) is 11.3 Å². The summed E-state index contributed by atoms with van der Waals surface area (Å²) in [6, 6.07) is 5.21.